The summed E-state index contributed by atoms with van der Waals surface area (Å²) in [4.78, 5) is 13.9. The average molecular weight is 387 g/mol. The van der Waals surface area contributed by atoms with Crippen molar-refractivity contribution < 1.29 is 4.79 Å². The normalized spacial score (nSPS) is 12.4. The fourth-order valence-corrected chi connectivity index (χ4v) is 3.41. The second-order valence-corrected chi connectivity index (χ2v) is 8.74. The summed E-state index contributed by atoms with van der Waals surface area (Å²) in [6, 6.07) is 10.1. The van der Waals surface area contributed by atoms with Crippen molar-refractivity contribution in [2.24, 2.45) is 0 Å². The van der Waals surface area contributed by atoms with Crippen molar-refractivity contribution in [2.75, 3.05) is 19.4 Å². The van der Waals surface area contributed by atoms with Gasteiger partial charge in [0.05, 0.1) is 17.7 Å². The lowest BCUT2D eigenvalue weighted by molar-refractivity contribution is -0.128. The quantitative estimate of drug-likeness (QED) is 0.605. The van der Waals surface area contributed by atoms with Crippen molar-refractivity contribution in [2.45, 2.75) is 49.9 Å². The zero-order chi connectivity index (χ0) is 20.2. The Morgan fingerprint density at radius 3 is 2.52 bits per heavy atom. The third kappa shape index (κ3) is 5.01. The van der Waals surface area contributed by atoms with Crippen LogP contribution in [0.5, 0.6) is 0 Å². The molecule has 1 atom stereocenters. The number of hydrogen-bond acceptors (Lipinski definition) is 6. The summed E-state index contributed by atoms with van der Waals surface area (Å²) in [6.07, 6.45) is 0.307. The topological polar surface area (TPSA) is 101 Å². The molecule has 0 saturated heterocycles. The monoisotopic (exact) mass is 386 g/mol. The van der Waals surface area contributed by atoms with Crippen LogP contribution in [0.15, 0.2) is 29.4 Å². The van der Waals surface area contributed by atoms with E-state index >= 15 is 0 Å². The summed E-state index contributed by atoms with van der Waals surface area (Å²) in [6.45, 7) is 8.68. The fourth-order valence-electron chi connectivity index (χ4n) is 2.52. The van der Waals surface area contributed by atoms with Gasteiger partial charge in [-0.2, -0.15) is 5.26 Å². The van der Waals surface area contributed by atoms with Crippen LogP contribution in [0.1, 0.15) is 39.7 Å². The van der Waals surface area contributed by atoms with Gasteiger partial charge < -0.3 is 10.7 Å². The number of carbonyl (C=O) groups is 1. The van der Waals surface area contributed by atoms with Crippen LogP contribution in [0.3, 0.4) is 0 Å². The van der Waals surface area contributed by atoms with Gasteiger partial charge in [-0.15, -0.1) is 10.2 Å². The second-order valence-electron chi connectivity index (χ2n) is 7.43. The summed E-state index contributed by atoms with van der Waals surface area (Å²) in [5.74, 6) is 6.64. The molecule has 0 radical (unpaired) electrons. The molecule has 1 aromatic carbocycles. The maximum atomic E-state index is 12.4. The number of benzene rings is 1. The van der Waals surface area contributed by atoms with E-state index in [-0.39, 0.29) is 16.6 Å². The Kier molecular flexibility index (Phi) is 6.50. The minimum atomic E-state index is -0.378. The number of nitrogens with zero attached hydrogens (tertiary/aromatic N) is 5. The van der Waals surface area contributed by atoms with Crippen LogP contribution < -0.4 is 5.84 Å². The van der Waals surface area contributed by atoms with Crippen LogP contribution in [-0.2, 0) is 10.2 Å². The number of nitrogen functional groups attached to an aromatic ring is 1. The highest BCUT2D eigenvalue weighted by molar-refractivity contribution is 8.00. The molecule has 0 fully saturated rings. The fraction of sp³-hybridized carbons (Fsp3) is 0.474. The number of amides is 1. The lowest BCUT2D eigenvalue weighted by Crippen LogP contribution is -2.34. The van der Waals surface area contributed by atoms with E-state index in [1.807, 2.05) is 18.2 Å². The number of nitriles is 1. The van der Waals surface area contributed by atoms with E-state index in [4.69, 9.17) is 11.1 Å². The minimum absolute atomic E-state index is 0.0727. The highest BCUT2D eigenvalue weighted by Crippen LogP contribution is 2.28. The molecule has 0 bridgehead atoms. The molecule has 1 aromatic heterocycles. The van der Waals surface area contributed by atoms with Crippen molar-refractivity contribution in [1.82, 2.24) is 19.8 Å². The molecule has 0 aliphatic heterocycles. The maximum absolute atomic E-state index is 12.4. The van der Waals surface area contributed by atoms with Gasteiger partial charge in [0, 0.05) is 19.2 Å². The molecule has 0 unspecified atom stereocenters. The van der Waals surface area contributed by atoms with E-state index in [0.717, 1.165) is 5.56 Å². The summed E-state index contributed by atoms with van der Waals surface area (Å²) < 4.78 is 1.41. The molecule has 1 amide bonds. The minimum Gasteiger partial charge on any atom is -0.344 e. The first-order chi connectivity index (χ1) is 12.6. The highest BCUT2D eigenvalue weighted by Gasteiger charge is 2.22. The Labute approximate surface area is 164 Å². The van der Waals surface area contributed by atoms with Crippen LogP contribution in [0.4, 0.5) is 0 Å². The Morgan fingerprint density at radius 2 is 1.96 bits per heavy atom. The Bertz CT molecular complexity index is 831. The third-order valence-electron chi connectivity index (χ3n) is 4.24. The summed E-state index contributed by atoms with van der Waals surface area (Å²) >= 11 is 1.25. The molecule has 144 valence electrons. The van der Waals surface area contributed by atoms with E-state index in [2.05, 4.69) is 43.1 Å². The SMILES string of the molecule is C[C@H](Sc1nnc(-c2ccc(C(C)(C)C)cc2)n1N)C(=O)N(C)CCC#N. The first-order valence-corrected chi connectivity index (χ1v) is 9.63. The van der Waals surface area contributed by atoms with Gasteiger partial charge in [0.15, 0.2) is 5.82 Å². The summed E-state index contributed by atoms with van der Waals surface area (Å²) in [5, 5.41) is 17.1. The van der Waals surface area contributed by atoms with E-state index in [9.17, 15) is 4.79 Å². The first-order valence-electron chi connectivity index (χ1n) is 8.75. The van der Waals surface area contributed by atoms with E-state index in [1.165, 1.54) is 22.0 Å². The number of rotatable bonds is 6. The molecular formula is C19H26N6OS. The molecule has 2 N–H and O–H groups in total. The second kappa shape index (κ2) is 8.44. The summed E-state index contributed by atoms with van der Waals surface area (Å²) in [5.41, 5.74) is 2.17. The molecule has 2 rings (SSSR count). The van der Waals surface area contributed by atoms with Crippen LogP contribution in [0.2, 0.25) is 0 Å². The van der Waals surface area contributed by atoms with Crippen LogP contribution in [0.25, 0.3) is 11.4 Å². The highest BCUT2D eigenvalue weighted by atomic mass is 32.2. The zero-order valence-electron chi connectivity index (χ0n) is 16.4. The zero-order valence-corrected chi connectivity index (χ0v) is 17.2. The van der Waals surface area contributed by atoms with Crippen molar-refractivity contribution in [3.63, 3.8) is 0 Å². The van der Waals surface area contributed by atoms with E-state index in [1.54, 1.807) is 18.9 Å². The predicted octanol–water partition coefficient (Wildman–Crippen LogP) is 2.81. The van der Waals surface area contributed by atoms with Gasteiger partial charge in [-0.1, -0.05) is 56.8 Å². The number of hydrogen-bond donors (Lipinski definition) is 1. The van der Waals surface area contributed by atoms with Crippen molar-refractivity contribution in [3.8, 4) is 17.5 Å². The number of aromatic nitrogens is 3. The number of thioether (sulfide) groups is 1. The summed E-state index contributed by atoms with van der Waals surface area (Å²) in [7, 11) is 1.69. The maximum Gasteiger partial charge on any atom is 0.235 e. The lowest BCUT2D eigenvalue weighted by atomic mass is 9.87. The Morgan fingerprint density at radius 1 is 1.33 bits per heavy atom. The molecule has 8 heteroatoms. The van der Waals surface area contributed by atoms with Crippen LogP contribution in [0, 0.1) is 11.3 Å². The van der Waals surface area contributed by atoms with Gasteiger partial charge in [0.25, 0.3) is 0 Å². The molecule has 7 nitrogen and oxygen atoms in total. The van der Waals surface area contributed by atoms with Crippen molar-refractivity contribution in [3.05, 3.63) is 29.8 Å². The molecular weight excluding hydrogens is 360 g/mol. The molecule has 0 spiro atoms. The molecule has 27 heavy (non-hydrogen) atoms. The van der Waals surface area contributed by atoms with Crippen molar-refractivity contribution >= 4 is 17.7 Å². The van der Waals surface area contributed by atoms with E-state index < -0.39 is 0 Å². The van der Waals surface area contributed by atoms with Gasteiger partial charge in [-0.25, -0.2) is 4.68 Å². The largest absolute Gasteiger partial charge is 0.344 e. The number of nitrogens with two attached hydrogens (primary N) is 1. The lowest BCUT2D eigenvalue weighted by Gasteiger charge is -2.19. The Hall–Kier alpha value is -2.53. The number of carbonyl (C=O) groups excluding carboxylic acids is 1. The molecule has 2 aromatic rings. The van der Waals surface area contributed by atoms with Gasteiger partial charge in [-0.05, 0) is 17.9 Å². The third-order valence-corrected chi connectivity index (χ3v) is 5.28. The van der Waals surface area contributed by atoms with Gasteiger partial charge in [0.1, 0.15) is 0 Å². The Balaban J connectivity index is 2.13. The van der Waals surface area contributed by atoms with E-state index in [0.29, 0.717) is 23.9 Å². The van der Waals surface area contributed by atoms with Gasteiger partial charge in [-0.3, -0.25) is 4.79 Å². The predicted molar refractivity (Wildman–Crippen MR) is 107 cm³/mol. The van der Waals surface area contributed by atoms with Crippen LogP contribution >= 0.6 is 11.8 Å². The van der Waals surface area contributed by atoms with Gasteiger partial charge >= 0.3 is 0 Å². The molecule has 1 heterocycles. The first kappa shape index (κ1) is 20.8. The molecule has 0 saturated carbocycles. The average Bonchev–Trinajstić information content (AvgIpc) is 2.98. The molecule has 0 aliphatic rings. The standard InChI is InChI=1S/C19H26N6OS/c1-13(17(26)24(5)12-6-11-20)27-18-23-22-16(25(18)21)14-7-9-15(10-8-14)19(2,3)4/h7-10,13H,6,12,21H2,1-5H3/t13-/m0/s1. The smallest absolute Gasteiger partial charge is 0.235 e. The van der Waals surface area contributed by atoms with Crippen LogP contribution in [-0.4, -0.2) is 44.5 Å². The van der Waals surface area contributed by atoms with Gasteiger partial charge in [0.2, 0.25) is 11.1 Å². The van der Waals surface area contributed by atoms with Crippen molar-refractivity contribution in [1.29, 1.82) is 5.26 Å². The molecule has 0 aliphatic carbocycles.